The lowest BCUT2D eigenvalue weighted by atomic mass is 10.0. The molecule has 1 aliphatic rings. The number of amides is 2. The molecule has 2 N–H and O–H groups in total. The Labute approximate surface area is 96.6 Å². The van der Waals surface area contributed by atoms with Crippen LogP contribution in [0.5, 0.6) is 0 Å². The highest BCUT2D eigenvalue weighted by Gasteiger charge is 2.32. The summed E-state index contributed by atoms with van der Waals surface area (Å²) >= 11 is 0. The summed E-state index contributed by atoms with van der Waals surface area (Å²) in [6.07, 6.45) is 0.809. The van der Waals surface area contributed by atoms with Gasteiger partial charge in [-0.05, 0) is 6.42 Å². The lowest BCUT2D eigenvalue weighted by molar-refractivity contribution is -0.144. The van der Waals surface area contributed by atoms with E-state index in [9.17, 15) is 9.59 Å². The second-order valence-electron chi connectivity index (χ2n) is 4.18. The molecule has 0 radical (unpaired) electrons. The van der Waals surface area contributed by atoms with Crippen molar-refractivity contribution >= 4 is 11.8 Å². The number of rotatable bonds is 3. The van der Waals surface area contributed by atoms with E-state index >= 15 is 0 Å². The maximum atomic E-state index is 12.1. The van der Waals surface area contributed by atoms with Crippen molar-refractivity contribution in [2.24, 2.45) is 5.92 Å². The van der Waals surface area contributed by atoms with Gasteiger partial charge in [0.2, 0.25) is 11.8 Å². The minimum absolute atomic E-state index is 0.00902. The summed E-state index contributed by atoms with van der Waals surface area (Å²) in [5.41, 5.74) is 0. The van der Waals surface area contributed by atoms with E-state index in [1.54, 1.807) is 11.9 Å². The van der Waals surface area contributed by atoms with Gasteiger partial charge in [0.25, 0.3) is 0 Å². The number of likely N-dealkylation sites (N-methyl/N-ethyl adjacent to an activating group) is 1. The third kappa shape index (κ3) is 2.72. The molecule has 0 aromatic rings. The molecule has 1 aliphatic heterocycles. The molecule has 0 aliphatic carbocycles. The number of hydrogen-bond acceptors (Lipinski definition) is 3. The first kappa shape index (κ1) is 13.0. The molecule has 1 heterocycles. The van der Waals surface area contributed by atoms with Crippen LogP contribution in [-0.4, -0.2) is 49.4 Å². The Morgan fingerprint density at radius 2 is 2.25 bits per heavy atom. The molecular weight excluding hydrogens is 206 g/mol. The van der Waals surface area contributed by atoms with Crippen LogP contribution >= 0.6 is 0 Å². The number of nitrogens with zero attached hydrogens (tertiary/aromatic N) is 1. The van der Waals surface area contributed by atoms with Crippen LogP contribution in [0.4, 0.5) is 0 Å². The highest BCUT2D eigenvalue weighted by molar-refractivity contribution is 5.88. The van der Waals surface area contributed by atoms with Crippen molar-refractivity contribution in [2.75, 3.05) is 26.7 Å². The normalized spacial score (nSPS) is 22.7. The summed E-state index contributed by atoms with van der Waals surface area (Å²) in [6.45, 7) is 5.81. The summed E-state index contributed by atoms with van der Waals surface area (Å²) in [7, 11) is 1.60. The Morgan fingerprint density at radius 3 is 2.81 bits per heavy atom. The van der Waals surface area contributed by atoms with Gasteiger partial charge in [-0.3, -0.25) is 9.59 Å². The molecule has 5 nitrogen and oxygen atoms in total. The van der Waals surface area contributed by atoms with E-state index in [1.807, 2.05) is 13.8 Å². The summed E-state index contributed by atoms with van der Waals surface area (Å²) < 4.78 is 0. The molecule has 16 heavy (non-hydrogen) atoms. The van der Waals surface area contributed by atoms with Crippen LogP contribution in [0, 0.1) is 5.92 Å². The molecule has 2 unspecified atom stereocenters. The molecule has 2 atom stereocenters. The maximum Gasteiger partial charge on any atom is 0.243 e. The van der Waals surface area contributed by atoms with Crippen molar-refractivity contribution in [3.63, 3.8) is 0 Å². The fraction of sp³-hybridized carbons (Fsp3) is 0.818. The SMILES string of the molecule is CCC(C)C(=O)N1CCNCC1C(=O)NC. The lowest BCUT2D eigenvalue weighted by Gasteiger charge is -2.36. The average molecular weight is 227 g/mol. The third-order valence-electron chi connectivity index (χ3n) is 3.11. The summed E-state index contributed by atoms with van der Waals surface area (Å²) in [5.74, 6) is -0.0216. The van der Waals surface area contributed by atoms with Gasteiger partial charge in [0.15, 0.2) is 0 Å². The van der Waals surface area contributed by atoms with Gasteiger partial charge >= 0.3 is 0 Å². The number of hydrogen-bond donors (Lipinski definition) is 2. The first-order chi connectivity index (χ1) is 7.61. The number of carbonyl (C=O) groups is 2. The van der Waals surface area contributed by atoms with E-state index in [2.05, 4.69) is 10.6 Å². The average Bonchev–Trinajstić information content (AvgIpc) is 2.35. The first-order valence-corrected chi connectivity index (χ1v) is 5.84. The minimum Gasteiger partial charge on any atom is -0.357 e. The Morgan fingerprint density at radius 1 is 1.56 bits per heavy atom. The topological polar surface area (TPSA) is 61.4 Å². The zero-order valence-corrected chi connectivity index (χ0v) is 10.2. The molecular formula is C11H21N3O2. The van der Waals surface area contributed by atoms with E-state index in [0.29, 0.717) is 13.1 Å². The second kappa shape index (κ2) is 5.84. The van der Waals surface area contributed by atoms with Crippen LogP contribution in [0.3, 0.4) is 0 Å². The lowest BCUT2D eigenvalue weighted by Crippen LogP contribution is -2.60. The van der Waals surface area contributed by atoms with E-state index in [0.717, 1.165) is 13.0 Å². The van der Waals surface area contributed by atoms with Crippen LogP contribution in [0.25, 0.3) is 0 Å². The quantitative estimate of drug-likeness (QED) is 0.688. The van der Waals surface area contributed by atoms with Crippen molar-refractivity contribution in [1.29, 1.82) is 0 Å². The molecule has 0 spiro atoms. The highest BCUT2D eigenvalue weighted by atomic mass is 16.2. The highest BCUT2D eigenvalue weighted by Crippen LogP contribution is 2.12. The third-order valence-corrected chi connectivity index (χ3v) is 3.11. The first-order valence-electron chi connectivity index (χ1n) is 5.84. The molecule has 0 aromatic heterocycles. The molecule has 0 saturated carbocycles. The number of carbonyl (C=O) groups excluding carboxylic acids is 2. The Kier molecular flexibility index (Phi) is 4.73. The maximum absolute atomic E-state index is 12.1. The van der Waals surface area contributed by atoms with Gasteiger partial charge in [0, 0.05) is 32.6 Å². The predicted molar refractivity (Wildman–Crippen MR) is 61.9 cm³/mol. The van der Waals surface area contributed by atoms with Gasteiger partial charge in [-0.15, -0.1) is 0 Å². The Hall–Kier alpha value is -1.10. The standard InChI is InChI=1S/C11H21N3O2/c1-4-8(2)11(16)14-6-5-13-7-9(14)10(15)12-3/h8-9,13H,4-7H2,1-3H3,(H,12,15). The van der Waals surface area contributed by atoms with Crippen LogP contribution in [0.1, 0.15) is 20.3 Å². The molecule has 2 amide bonds. The molecule has 1 saturated heterocycles. The van der Waals surface area contributed by atoms with E-state index < -0.39 is 0 Å². The van der Waals surface area contributed by atoms with Crippen LogP contribution in [0.2, 0.25) is 0 Å². The van der Waals surface area contributed by atoms with Crippen molar-refractivity contribution in [2.45, 2.75) is 26.3 Å². The Bertz CT molecular complexity index is 268. The van der Waals surface area contributed by atoms with E-state index in [-0.39, 0.29) is 23.8 Å². The van der Waals surface area contributed by atoms with Crippen LogP contribution in [0.15, 0.2) is 0 Å². The Balaban J connectivity index is 2.73. The molecule has 0 bridgehead atoms. The smallest absolute Gasteiger partial charge is 0.243 e. The van der Waals surface area contributed by atoms with Crippen molar-refractivity contribution < 1.29 is 9.59 Å². The fourth-order valence-electron chi connectivity index (χ4n) is 1.83. The minimum atomic E-state index is -0.361. The van der Waals surface area contributed by atoms with Gasteiger partial charge in [0.1, 0.15) is 6.04 Å². The fourth-order valence-corrected chi connectivity index (χ4v) is 1.83. The zero-order chi connectivity index (χ0) is 12.1. The summed E-state index contributed by atoms with van der Waals surface area (Å²) in [6, 6.07) is -0.361. The van der Waals surface area contributed by atoms with Gasteiger partial charge in [-0.25, -0.2) is 0 Å². The molecule has 0 aromatic carbocycles. The van der Waals surface area contributed by atoms with Gasteiger partial charge in [-0.2, -0.15) is 0 Å². The van der Waals surface area contributed by atoms with Crippen molar-refractivity contribution in [3.05, 3.63) is 0 Å². The van der Waals surface area contributed by atoms with Gasteiger partial charge < -0.3 is 15.5 Å². The van der Waals surface area contributed by atoms with Crippen molar-refractivity contribution in [1.82, 2.24) is 15.5 Å². The molecule has 1 rings (SSSR count). The van der Waals surface area contributed by atoms with Crippen LogP contribution in [-0.2, 0) is 9.59 Å². The molecule has 5 heteroatoms. The second-order valence-corrected chi connectivity index (χ2v) is 4.18. The van der Waals surface area contributed by atoms with Crippen molar-refractivity contribution in [3.8, 4) is 0 Å². The summed E-state index contributed by atoms with van der Waals surface area (Å²) in [5, 5.41) is 5.74. The molecule has 92 valence electrons. The predicted octanol–water partition coefficient (Wildman–Crippen LogP) is -0.421. The van der Waals surface area contributed by atoms with E-state index in [4.69, 9.17) is 0 Å². The van der Waals surface area contributed by atoms with Gasteiger partial charge in [0.05, 0.1) is 0 Å². The van der Waals surface area contributed by atoms with Crippen LogP contribution < -0.4 is 10.6 Å². The molecule has 1 fully saturated rings. The number of piperazine rings is 1. The van der Waals surface area contributed by atoms with Gasteiger partial charge in [-0.1, -0.05) is 13.8 Å². The summed E-state index contributed by atoms with van der Waals surface area (Å²) in [4.78, 5) is 25.4. The van der Waals surface area contributed by atoms with E-state index in [1.165, 1.54) is 0 Å². The monoisotopic (exact) mass is 227 g/mol. The number of nitrogens with one attached hydrogen (secondary N) is 2. The largest absolute Gasteiger partial charge is 0.357 e. The zero-order valence-electron chi connectivity index (χ0n) is 10.2.